The van der Waals surface area contributed by atoms with Crippen molar-refractivity contribution in [3.63, 3.8) is 0 Å². The van der Waals surface area contributed by atoms with Gasteiger partial charge in [0, 0.05) is 50.8 Å². The zero-order valence-corrected chi connectivity index (χ0v) is 22.3. The highest BCUT2D eigenvalue weighted by molar-refractivity contribution is 7.89. The standard InChI is InChI=1S/C27H40ClN3O2S/c1-3-31(4-2)34(32,33)22-10-6-5-9-17-29-18-20-30(21-19-29)23-25-11-7-8-12-27(25)24-13-15-26(28)16-14-24/h7-8,11-16H,3-6,9-10,17-23H2,1-2H3. The van der Waals surface area contributed by atoms with E-state index in [1.165, 1.54) is 16.7 Å². The molecule has 1 aliphatic rings. The van der Waals surface area contributed by atoms with Gasteiger partial charge in [0.25, 0.3) is 0 Å². The molecule has 0 radical (unpaired) electrons. The van der Waals surface area contributed by atoms with E-state index in [1.807, 2.05) is 26.0 Å². The summed E-state index contributed by atoms with van der Waals surface area (Å²) in [6, 6.07) is 16.8. The van der Waals surface area contributed by atoms with E-state index < -0.39 is 10.0 Å². The molecule has 0 N–H and O–H groups in total. The Morgan fingerprint density at radius 2 is 1.44 bits per heavy atom. The highest BCUT2D eigenvalue weighted by Gasteiger charge is 2.19. The molecular formula is C27H40ClN3O2S. The Hall–Kier alpha value is -1.44. The normalized spacial score (nSPS) is 15.8. The molecule has 0 aliphatic carbocycles. The molecule has 0 atom stereocenters. The number of hydrogen-bond donors (Lipinski definition) is 0. The average Bonchev–Trinajstić information content (AvgIpc) is 2.84. The summed E-state index contributed by atoms with van der Waals surface area (Å²) in [5.41, 5.74) is 3.85. The summed E-state index contributed by atoms with van der Waals surface area (Å²) in [7, 11) is -3.07. The van der Waals surface area contributed by atoms with Gasteiger partial charge in [-0.2, -0.15) is 0 Å². The predicted octanol–water partition coefficient (Wildman–Crippen LogP) is 5.36. The molecule has 0 amide bonds. The fraction of sp³-hybridized carbons (Fsp3) is 0.556. The minimum absolute atomic E-state index is 0.283. The van der Waals surface area contributed by atoms with Crippen LogP contribution in [0.3, 0.4) is 0 Å². The number of nitrogens with zero attached hydrogens (tertiary/aromatic N) is 3. The molecule has 2 aromatic carbocycles. The van der Waals surface area contributed by atoms with Crippen molar-refractivity contribution in [2.45, 2.75) is 46.1 Å². The van der Waals surface area contributed by atoms with Crippen LogP contribution in [0.2, 0.25) is 5.02 Å². The van der Waals surface area contributed by atoms with Crippen LogP contribution in [0.5, 0.6) is 0 Å². The molecule has 0 spiro atoms. The molecule has 2 aromatic rings. The van der Waals surface area contributed by atoms with E-state index in [0.717, 1.165) is 70.0 Å². The molecule has 0 bridgehead atoms. The molecule has 0 saturated carbocycles. The van der Waals surface area contributed by atoms with E-state index >= 15 is 0 Å². The van der Waals surface area contributed by atoms with Crippen molar-refractivity contribution in [2.24, 2.45) is 0 Å². The lowest BCUT2D eigenvalue weighted by molar-refractivity contribution is 0.125. The third kappa shape index (κ3) is 8.06. The van der Waals surface area contributed by atoms with Crippen molar-refractivity contribution in [1.82, 2.24) is 14.1 Å². The average molecular weight is 506 g/mol. The van der Waals surface area contributed by atoms with Gasteiger partial charge in [-0.25, -0.2) is 12.7 Å². The van der Waals surface area contributed by atoms with Crippen LogP contribution >= 0.6 is 11.6 Å². The molecule has 5 nitrogen and oxygen atoms in total. The Balaban J connectivity index is 1.36. The zero-order chi connectivity index (χ0) is 24.4. The predicted molar refractivity (Wildman–Crippen MR) is 144 cm³/mol. The summed E-state index contributed by atoms with van der Waals surface area (Å²) in [6.07, 6.45) is 3.99. The Labute approximate surface area is 211 Å². The Kier molecular flexibility index (Phi) is 10.9. The highest BCUT2D eigenvalue weighted by Crippen LogP contribution is 2.26. The van der Waals surface area contributed by atoms with Gasteiger partial charge in [0.15, 0.2) is 0 Å². The van der Waals surface area contributed by atoms with Gasteiger partial charge in [-0.1, -0.05) is 74.7 Å². The Morgan fingerprint density at radius 3 is 2.12 bits per heavy atom. The van der Waals surface area contributed by atoms with E-state index in [1.54, 1.807) is 4.31 Å². The second-order valence-corrected chi connectivity index (χ2v) is 11.6. The molecule has 7 heteroatoms. The van der Waals surface area contributed by atoms with E-state index in [4.69, 9.17) is 11.6 Å². The highest BCUT2D eigenvalue weighted by atomic mass is 35.5. The van der Waals surface area contributed by atoms with Gasteiger partial charge in [0.2, 0.25) is 10.0 Å². The number of piperazine rings is 1. The molecule has 0 unspecified atom stereocenters. The number of rotatable bonds is 13. The quantitative estimate of drug-likeness (QED) is 0.344. The third-order valence-electron chi connectivity index (χ3n) is 6.76. The SMILES string of the molecule is CCN(CC)S(=O)(=O)CCCCCCN1CCN(Cc2ccccc2-c2ccc(Cl)cc2)CC1. The van der Waals surface area contributed by atoms with E-state index in [0.29, 0.717) is 13.1 Å². The summed E-state index contributed by atoms with van der Waals surface area (Å²) >= 11 is 6.07. The lowest BCUT2D eigenvalue weighted by atomic mass is 9.99. The molecule has 1 saturated heterocycles. The van der Waals surface area contributed by atoms with Crippen LogP contribution < -0.4 is 0 Å². The molecule has 0 aromatic heterocycles. The van der Waals surface area contributed by atoms with Crippen LogP contribution in [-0.4, -0.2) is 74.1 Å². The van der Waals surface area contributed by atoms with Crippen molar-refractivity contribution in [3.05, 3.63) is 59.1 Å². The van der Waals surface area contributed by atoms with Crippen molar-refractivity contribution < 1.29 is 8.42 Å². The summed E-state index contributed by atoms with van der Waals surface area (Å²) in [4.78, 5) is 5.09. The van der Waals surface area contributed by atoms with Crippen molar-refractivity contribution in [3.8, 4) is 11.1 Å². The maximum Gasteiger partial charge on any atom is 0.214 e. The summed E-state index contributed by atoms with van der Waals surface area (Å²) in [5.74, 6) is 0.283. The number of sulfonamides is 1. The topological polar surface area (TPSA) is 43.9 Å². The minimum atomic E-state index is -3.07. The molecule has 1 heterocycles. The van der Waals surface area contributed by atoms with Crippen LogP contribution in [0.4, 0.5) is 0 Å². The van der Waals surface area contributed by atoms with Crippen molar-refractivity contribution in [1.29, 1.82) is 0 Å². The van der Waals surface area contributed by atoms with Gasteiger partial charge in [-0.3, -0.25) is 4.90 Å². The van der Waals surface area contributed by atoms with Gasteiger partial charge in [0.05, 0.1) is 5.75 Å². The van der Waals surface area contributed by atoms with Crippen LogP contribution in [0, 0.1) is 0 Å². The van der Waals surface area contributed by atoms with Crippen LogP contribution in [0.15, 0.2) is 48.5 Å². The first kappa shape index (κ1) is 27.2. The van der Waals surface area contributed by atoms with Crippen LogP contribution in [0.1, 0.15) is 45.1 Å². The fourth-order valence-corrected chi connectivity index (χ4v) is 6.44. The zero-order valence-electron chi connectivity index (χ0n) is 20.8. The lowest BCUT2D eigenvalue weighted by Crippen LogP contribution is -2.46. The maximum atomic E-state index is 12.3. The Morgan fingerprint density at radius 1 is 0.824 bits per heavy atom. The second kappa shape index (κ2) is 13.6. The minimum Gasteiger partial charge on any atom is -0.301 e. The van der Waals surface area contributed by atoms with Gasteiger partial charge in [0.1, 0.15) is 0 Å². The first-order valence-corrected chi connectivity index (χ1v) is 14.7. The van der Waals surface area contributed by atoms with E-state index in [2.05, 4.69) is 46.2 Å². The monoisotopic (exact) mass is 505 g/mol. The first-order valence-electron chi connectivity index (χ1n) is 12.7. The lowest BCUT2D eigenvalue weighted by Gasteiger charge is -2.35. The third-order valence-corrected chi connectivity index (χ3v) is 9.12. The Bertz CT molecular complexity index is 970. The smallest absolute Gasteiger partial charge is 0.214 e. The van der Waals surface area contributed by atoms with Crippen molar-refractivity contribution >= 4 is 21.6 Å². The molecule has 34 heavy (non-hydrogen) atoms. The molecule has 3 rings (SSSR count). The molecule has 188 valence electrons. The molecule has 1 aliphatic heterocycles. The number of unbranched alkanes of at least 4 members (excludes halogenated alkanes) is 3. The van der Waals surface area contributed by atoms with Crippen LogP contribution in [-0.2, 0) is 16.6 Å². The summed E-state index contributed by atoms with van der Waals surface area (Å²) in [5, 5.41) is 0.766. The number of halogens is 1. The second-order valence-electron chi connectivity index (χ2n) is 9.10. The van der Waals surface area contributed by atoms with Gasteiger partial charge >= 0.3 is 0 Å². The van der Waals surface area contributed by atoms with Gasteiger partial charge in [-0.15, -0.1) is 0 Å². The molecular weight excluding hydrogens is 466 g/mol. The van der Waals surface area contributed by atoms with Gasteiger partial charge < -0.3 is 4.90 Å². The summed E-state index contributed by atoms with van der Waals surface area (Å²) < 4.78 is 26.1. The fourth-order valence-electron chi connectivity index (χ4n) is 4.70. The first-order chi connectivity index (χ1) is 16.4. The number of hydrogen-bond acceptors (Lipinski definition) is 4. The van der Waals surface area contributed by atoms with Crippen molar-refractivity contribution in [2.75, 3.05) is 51.6 Å². The largest absolute Gasteiger partial charge is 0.301 e. The number of benzene rings is 2. The van der Waals surface area contributed by atoms with Gasteiger partial charge in [-0.05, 0) is 48.2 Å². The van der Waals surface area contributed by atoms with Crippen LogP contribution in [0.25, 0.3) is 11.1 Å². The molecule has 1 fully saturated rings. The van der Waals surface area contributed by atoms with E-state index in [-0.39, 0.29) is 5.75 Å². The maximum absolute atomic E-state index is 12.3. The van der Waals surface area contributed by atoms with E-state index in [9.17, 15) is 8.42 Å². The summed E-state index contributed by atoms with van der Waals surface area (Å²) in [6.45, 7) is 11.4.